The summed E-state index contributed by atoms with van der Waals surface area (Å²) in [5.74, 6) is 1.17. The van der Waals surface area contributed by atoms with E-state index in [0.29, 0.717) is 26.5 Å². The Morgan fingerprint density at radius 2 is 1.76 bits per heavy atom. The van der Waals surface area contributed by atoms with E-state index >= 15 is 0 Å². The number of carbonyl (C=O) groups is 1. The number of rotatable bonds is 4. The molecule has 1 amide bonds. The van der Waals surface area contributed by atoms with Crippen LogP contribution in [0.15, 0.2) is 75.0 Å². The number of halogens is 2. The number of para-hydroxylation sites is 1. The summed E-state index contributed by atoms with van der Waals surface area (Å²) in [5, 5.41) is 1.64. The van der Waals surface area contributed by atoms with Crippen molar-refractivity contribution in [3.05, 3.63) is 81.4 Å². The second kappa shape index (κ2) is 9.80. The molecule has 0 unspecified atom stereocenters. The first kappa shape index (κ1) is 22.3. The number of benzene rings is 2. The average Bonchev–Trinajstić information content (AvgIpc) is 3.41. The van der Waals surface area contributed by atoms with E-state index in [0.717, 1.165) is 42.1 Å². The van der Waals surface area contributed by atoms with Crippen LogP contribution in [0.5, 0.6) is 0 Å². The molecule has 4 nitrogen and oxygen atoms in total. The van der Waals surface area contributed by atoms with Crippen molar-refractivity contribution in [1.29, 1.82) is 0 Å². The highest BCUT2D eigenvalue weighted by Crippen LogP contribution is 2.39. The molecule has 33 heavy (non-hydrogen) atoms. The summed E-state index contributed by atoms with van der Waals surface area (Å²) in [5.41, 5.74) is 1.56. The Morgan fingerprint density at radius 3 is 2.55 bits per heavy atom. The third-order valence-corrected chi connectivity index (χ3v) is 7.68. The van der Waals surface area contributed by atoms with Gasteiger partial charge < -0.3 is 4.42 Å². The fraction of sp³-hybridized carbons (Fsp3) is 0.231. The fourth-order valence-electron chi connectivity index (χ4n) is 4.24. The number of thioether (sulfide) groups is 1. The topological polar surface area (TPSA) is 45.8 Å². The Hall–Kier alpha value is -2.47. The van der Waals surface area contributed by atoms with Gasteiger partial charge >= 0.3 is 0 Å². The molecule has 2 aliphatic rings. The number of nitrogens with zero attached hydrogens (tertiary/aromatic N) is 2. The lowest BCUT2D eigenvalue weighted by Crippen LogP contribution is -2.40. The standard InChI is InChI=1S/C26H22Cl2N2O2S/c27-21-13-7-12-20(24(21)28)22-15-14-19(32-22)16-23-25(31)30(18-10-5-2-6-11-18)26(33-23)29-17-8-3-1-4-9-17/h1,3-4,7-9,12-16,18H,2,5-6,10-11H2. The average molecular weight is 497 g/mol. The van der Waals surface area contributed by atoms with Gasteiger partial charge in [-0.25, -0.2) is 4.99 Å². The van der Waals surface area contributed by atoms with Gasteiger partial charge in [-0.2, -0.15) is 0 Å². The van der Waals surface area contributed by atoms with Crippen molar-refractivity contribution >= 4 is 57.8 Å². The zero-order valence-corrected chi connectivity index (χ0v) is 20.2. The van der Waals surface area contributed by atoms with Crippen LogP contribution < -0.4 is 0 Å². The van der Waals surface area contributed by atoms with Crippen LogP contribution in [-0.2, 0) is 4.79 Å². The maximum absolute atomic E-state index is 13.5. The van der Waals surface area contributed by atoms with Gasteiger partial charge in [-0.05, 0) is 61.0 Å². The van der Waals surface area contributed by atoms with Gasteiger partial charge in [0, 0.05) is 17.7 Å². The van der Waals surface area contributed by atoms with Crippen molar-refractivity contribution in [2.24, 2.45) is 4.99 Å². The molecule has 2 aromatic carbocycles. The van der Waals surface area contributed by atoms with E-state index in [2.05, 4.69) is 0 Å². The maximum Gasteiger partial charge on any atom is 0.267 e. The second-order valence-corrected chi connectivity index (χ2v) is 9.91. The Balaban J connectivity index is 1.47. The van der Waals surface area contributed by atoms with Gasteiger partial charge in [-0.15, -0.1) is 0 Å². The molecule has 2 heterocycles. The van der Waals surface area contributed by atoms with Gasteiger partial charge in [0.2, 0.25) is 0 Å². The molecule has 3 aromatic rings. The highest BCUT2D eigenvalue weighted by atomic mass is 35.5. The first-order valence-corrected chi connectivity index (χ1v) is 12.6. The molecule has 0 spiro atoms. The van der Waals surface area contributed by atoms with Gasteiger partial charge in [-0.1, -0.05) is 66.7 Å². The highest BCUT2D eigenvalue weighted by Gasteiger charge is 2.38. The molecule has 0 radical (unpaired) electrons. The lowest BCUT2D eigenvalue weighted by molar-refractivity contribution is -0.124. The number of carbonyl (C=O) groups excluding carboxylic acids is 1. The number of amides is 1. The van der Waals surface area contributed by atoms with E-state index in [1.807, 2.05) is 59.5 Å². The summed E-state index contributed by atoms with van der Waals surface area (Å²) in [6.07, 6.45) is 7.30. The van der Waals surface area contributed by atoms with E-state index < -0.39 is 0 Å². The molecule has 5 rings (SSSR count). The van der Waals surface area contributed by atoms with Gasteiger partial charge in [0.1, 0.15) is 11.5 Å². The summed E-state index contributed by atoms with van der Waals surface area (Å²) < 4.78 is 6.01. The number of hydrogen-bond acceptors (Lipinski definition) is 4. The van der Waals surface area contributed by atoms with Crippen molar-refractivity contribution < 1.29 is 9.21 Å². The lowest BCUT2D eigenvalue weighted by Gasteiger charge is -2.30. The minimum absolute atomic E-state index is 0.0136. The van der Waals surface area contributed by atoms with Crippen LogP contribution in [0.4, 0.5) is 5.69 Å². The summed E-state index contributed by atoms with van der Waals surface area (Å²) >= 11 is 13.9. The Kier molecular flexibility index (Phi) is 6.63. The van der Waals surface area contributed by atoms with Gasteiger partial charge in [-0.3, -0.25) is 9.69 Å². The van der Waals surface area contributed by atoms with Crippen molar-refractivity contribution in [2.75, 3.05) is 0 Å². The number of amidine groups is 1. The predicted octanol–water partition coefficient (Wildman–Crippen LogP) is 8.19. The summed E-state index contributed by atoms with van der Waals surface area (Å²) in [7, 11) is 0. The Morgan fingerprint density at radius 1 is 0.970 bits per heavy atom. The van der Waals surface area contributed by atoms with Crippen molar-refractivity contribution in [3.63, 3.8) is 0 Å². The molecule has 2 fully saturated rings. The van der Waals surface area contributed by atoms with Crippen LogP contribution in [0.3, 0.4) is 0 Å². The molecule has 1 aliphatic heterocycles. The van der Waals surface area contributed by atoms with Crippen molar-refractivity contribution in [1.82, 2.24) is 4.90 Å². The molecule has 0 atom stereocenters. The molecule has 0 N–H and O–H groups in total. The predicted molar refractivity (Wildman–Crippen MR) is 137 cm³/mol. The fourth-order valence-corrected chi connectivity index (χ4v) is 5.67. The van der Waals surface area contributed by atoms with Crippen LogP contribution in [0.1, 0.15) is 37.9 Å². The quantitative estimate of drug-likeness (QED) is 0.342. The van der Waals surface area contributed by atoms with Crippen LogP contribution in [0, 0.1) is 0 Å². The molecule has 1 saturated carbocycles. The van der Waals surface area contributed by atoms with E-state index in [1.165, 1.54) is 18.2 Å². The second-order valence-electron chi connectivity index (χ2n) is 8.11. The Labute approximate surface area is 207 Å². The molecule has 0 bridgehead atoms. The van der Waals surface area contributed by atoms with Gasteiger partial charge in [0.15, 0.2) is 5.17 Å². The van der Waals surface area contributed by atoms with Crippen molar-refractivity contribution in [3.8, 4) is 11.3 Å². The molecule has 1 saturated heterocycles. The third-order valence-electron chi connectivity index (χ3n) is 5.87. The number of aliphatic imine (C=N–C) groups is 1. The molecule has 1 aromatic heterocycles. The third kappa shape index (κ3) is 4.77. The molecular weight excluding hydrogens is 475 g/mol. The van der Waals surface area contributed by atoms with Gasteiger partial charge in [0.25, 0.3) is 5.91 Å². The summed E-state index contributed by atoms with van der Waals surface area (Å²) in [4.78, 5) is 20.8. The van der Waals surface area contributed by atoms with E-state index in [1.54, 1.807) is 12.1 Å². The smallest absolute Gasteiger partial charge is 0.267 e. The van der Waals surface area contributed by atoms with Crippen molar-refractivity contribution in [2.45, 2.75) is 38.1 Å². The summed E-state index contributed by atoms with van der Waals surface area (Å²) in [6.45, 7) is 0. The van der Waals surface area contributed by atoms with Gasteiger partial charge in [0.05, 0.1) is 20.6 Å². The highest BCUT2D eigenvalue weighted by molar-refractivity contribution is 8.18. The SMILES string of the molecule is O=C1C(=Cc2ccc(-c3cccc(Cl)c3Cl)o2)SC(=Nc2ccccc2)N1C1CCCCC1. The normalized spacial score (nSPS) is 19.7. The van der Waals surface area contributed by atoms with E-state index in [-0.39, 0.29) is 11.9 Å². The maximum atomic E-state index is 13.5. The van der Waals surface area contributed by atoms with Crippen LogP contribution in [0.25, 0.3) is 17.4 Å². The number of hydrogen-bond donors (Lipinski definition) is 0. The van der Waals surface area contributed by atoms with E-state index in [9.17, 15) is 4.79 Å². The lowest BCUT2D eigenvalue weighted by atomic mass is 9.94. The largest absolute Gasteiger partial charge is 0.457 e. The van der Waals surface area contributed by atoms with Crippen LogP contribution in [0.2, 0.25) is 10.0 Å². The van der Waals surface area contributed by atoms with Crippen LogP contribution >= 0.6 is 35.0 Å². The number of furan rings is 1. The summed E-state index contributed by atoms with van der Waals surface area (Å²) in [6, 6.07) is 19.0. The van der Waals surface area contributed by atoms with Crippen LogP contribution in [-0.4, -0.2) is 22.0 Å². The zero-order valence-electron chi connectivity index (χ0n) is 17.8. The minimum Gasteiger partial charge on any atom is -0.457 e. The Bertz CT molecular complexity index is 1230. The first-order valence-electron chi connectivity index (χ1n) is 11.0. The minimum atomic E-state index is -0.0136. The molecular formula is C26H22Cl2N2O2S. The monoisotopic (exact) mass is 496 g/mol. The molecule has 1 aliphatic carbocycles. The zero-order chi connectivity index (χ0) is 22.8. The molecule has 7 heteroatoms. The first-order chi connectivity index (χ1) is 16.1. The molecule has 168 valence electrons. The van der Waals surface area contributed by atoms with E-state index in [4.69, 9.17) is 32.6 Å².